The Bertz CT molecular complexity index is 1710. The Balaban J connectivity index is 1.42. The lowest BCUT2D eigenvalue weighted by atomic mass is 9.99. The predicted octanol–water partition coefficient (Wildman–Crippen LogP) is 1.73. The molecule has 4 aromatic rings. The topological polar surface area (TPSA) is 217 Å². The van der Waals surface area contributed by atoms with Crippen LogP contribution in [-0.4, -0.2) is 79.0 Å². The van der Waals surface area contributed by atoms with E-state index >= 15 is 0 Å². The zero-order valence-corrected chi connectivity index (χ0v) is 22.1. The number of rotatable bonds is 7. The zero-order valence-electron chi connectivity index (χ0n) is 22.1. The summed E-state index contributed by atoms with van der Waals surface area (Å²) in [6.07, 6.45) is -6.17. The van der Waals surface area contributed by atoms with E-state index in [2.05, 4.69) is 0 Å². The average molecular weight is 595 g/mol. The molecule has 0 aliphatic carbocycles. The van der Waals surface area contributed by atoms with Crippen molar-refractivity contribution in [3.63, 3.8) is 0 Å². The molecule has 7 N–H and O–H groups in total. The maximum absolute atomic E-state index is 13.5. The summed E-state index contributed by atoms with van der Waals surface area (Å²) >= 11 is 0. The molecule has 13 nitrogen and oxygen atoms in total. The minimum Gasteiger partial charge on any atom is -0.508 e. The number of phenolic OH excluding ortho intramolecular Hbond substituents is 4. The van der Waals surface area contributed by atoms with Crippen molar-refractivity contribution in [3.8, 4) is 40.1 Å². The second kappa shape index (κ2) is 12.0. The van der Waals surface area contributed by atoms with Crippen LogP contribution in [0.15, 0.2) is 76.0 Å². The molecule has 5 atom stereocenters. The first-order valence-electron chi connectivity index (χ1n) is 12.8. The average Bonchev–Trinajstić information content (AvgIpc) is 2.97. The Kier molecular flexibility index (Phi) is 8.23. The zero-order chi connectivity index (χ0) is 30.8. The molecule has 1 aliphatic rings. The van der Waals surface area contributed by atoms with E-state index in [0.717, 1.165) is 18.2 Å². The minimum atomic E-state index is -1.90. The molecular weight excluding hydrogens is 568 g/mol. The molecular formula is C30H26O13. The van der Waals surface area contributed by atoms with Gasteiger partial charge in [-0.1, -0.05) is 12.1 Å². The van der Waals surface area contributed by atoms with Crippen LogP contribution in [0.1, 0.15) is 5.56 Å². The maximum atomic E-state index is 13.5. The van der Waals surface area contributed by atoms with Gasteiger partial charge in [-0.2, -0.15) is 0 Å². The van der Waals surface area contributed by atoms with E-state index in [0.29, 0.717) is 5.56 Å². The Labute approximate surface area is 242 Å². The Hall–Kier alpha value is -5.08. The number of aromatic hydroxyl groups is 4. The Morgan fingerprint density at radius 3 is 2.16 bits per heavy atom. The van der Waals surface area contributed by atoms with Gasteiger partial charge in [0, 0.05) is 23.8 Å². The Morgan fingerprint density at radius 2 is 1.49 bits per heavy atom. The van der Waals surface area contributed by atoms with Crippen molar-refractivity contribution in [3.05, 3.63) is 82.5 Å². The van der Waals surface area contributed by atoms with Gasteiger partial charge in [0.2, 0.25) is 17.5 Å². The van der Waals surface area contributed by atoms with Crippen molar-refractivity contribution in [1.29, 1.82) is 0 Å². The summed E-state index contributed by atoms with van der Waals surface area (Å²) in [6, 6.07) is 13.4. The van der Waals surface area contributed by atoms with Gasteiger partial charge in [0.25, 0.3) is 0 Å². The third-order valence-corrected chi connectivity index (χ3v) is 6.64. The molecule has 0 saturated carbocycles. The van der Waals surface area contributed by atoms with Crippen molar-refractivity contribution in [1.82, 2.24) is 0 Å². The Morgan fingerprint density at radius 1 is 0.837 bits per heavy atom. The highest BCUT2D eigenvalue weighted by Gasteiger charge is 2.46. The van der Waals surface area contributed by atoms with Gasteiger partial charge in [-0.15, -0.1) is 0 Å². The van der Waals surface area contributed by atoms with Crippen LogP contribution in [0, 0.1) is 0 Å². The first-order chi connectivity index (χ1) is 20.5. The van der Waals surface area contributed by atoms with Crippen molar-refractivity contribution in [2.75, 3.05) is 6.61 Å². The summed E-state index contributed by atoms with van der Waals surface area (Å²) in [4.78, 5) is 25.8. The molecule has 5 rings (SSSR count). The highest BCUT2D eigenvalue weighted by molar-refractivity contribution is 5.88. The molecule has 0 bridgehead atoms. The second-order valence-corrected chi connectivity index (χ2v) is 9.66. The van der Waals surface area contributed by atoms with Gasteiger partial charge in [-0.3, -0.25) is 4.79 Å². The molecule has 1 aromatic heterocycles. The molecule has 1 aliphatic heterocycles. The lowest BCUT2D eigenvalue weighted by Crippen LogP contribution is -2.60. The smallest absolute Gasteiger partial charge is 0.330 e. The molecule has 224 valence electrons. The predicted molar refractivity (Wildman–Crippen MR) is 148 cm³/mol. The number of benzene rings is 3. The van der Waals surface area contributed by atoms with E-state index in [4.69, 9.17) is 18.6 Å². The van der Waals surface area contributed by atoms with Gasteiger partial charge >= 0.3 is 5.97 Å². The normalized spacial score (nSPS) is 22.1. The first kappa shape index (κ1) is 29.4. The van der Waals surface area contributed by atoms with E-state index < -0.39 is 66.0 Å². The summed E-state index contributed by atoms with van der Waals surface area (Å²) in [6.45, 7) is -0.583. The molecule has 43 heavy (non-hydrogen) atoms. The van der Waals surface area contributed by atoms with Crippen molar-refractivity contribution >= 4 is 23.0 Å². The first-order valence-corrected chi connectivity index (χ1v) is 12.8. The van der Waals surface area contributed by atoms with Gasteiger partial charge in [-0.05, 0) is 48.0 Å². The summed E-state index contributed by atoms with van der Waals surface area (Å²) in [5.41, 5.74) is -0.328. The van der Waals surface area contributed by atoms with Gasteiger partial charge in [0.15, 0.2) is 5.76 Å². The van der Waals surface area contributed by atoms with E-state index in [1.807, 2.05) is 0 Å². The molecule has 13 heteroatoms. The number of aliphatic hydroxyl groups excluding tert-OH is 3. The number of carbonyl (C=O) groups excluding carboxylic acids is 1. The van der Waals surface area contributed by atoms with Crippen LogP contribution in [0.25, 0.3) is 28.4 Å². The third kappa shape index (κ3) is 6.24. The van der Waals surface area contributed by atoms with Crippen LogP contribution in [0.3, 0.4) is 0 Å². The van der Waals surface area contributed by atoms with Crippen molar-refractivity contribution < 1.29 is 59.2 Å². The van der Waals surface area contributed by atoms with Crippen LogP contribution in [0.2, 0.25) is 0 Å². The van der Waals surface area contributed by atoms with Gasteiger partial charge in [0.05, 0.1) is 0 Å². The molecule has 2 heterocycles. The van der Waals surface area contributed by atoms with Gasteiger partial charge < -0.3 is 54.4 Å². The molecule has 1 saturated heterocycles. The highest BCUT2D eigenvalue weighted by atomic mass is 16.7. The fourth-order valence-corrected chi connectivity index (χ4v) is 4.41. The standard InChI is InChI=1S/C30H26O13/c31-16-6-1-14(2-7-16)3-10-22(35)40-13-21-24(36)26(38)27(39)30(42-21)43-29-25(37)23-19(34)11-18(33)12-20(23)41-28(29)15-4-8-17(32)9-5-15/h1-12,21,24,26-27,30-34,36,38-39H,13H2/t21?,24-,26-,27?,30+/m1/s1. The highest BCUT2D eigenvalue weighted by Crippen LogP contribution is 2.37. The lowest BCUT2D eigenvalue weighted by molar-refractivity contribution is -0.278. The van der Waals surface area contributed by atoms with Gasteiger partial charge in [-0.25, -0.2) is 4.79 Å². The number of phenols is 4. The van der Waals surface area contributed by atoms with Crippen LogP contribution >= 0.6 is 0 Å². The van der Waals surface area contributed by atoms with E-state index in [9.17, 15) is 45.3 Å². The van der Waals surface area contributed by atoms with Crippen LogP contribution in [-0.2, 0) is 14.3 Å². The fraction of sp³-hybridized carbons (Fsp3) is 0.200. The van der Waals surface area contributed by atoms with E-state index in [1.165, 1.54) is 42.5 Å². The summed E-state index contributed by atoms with van der Waals surface area (Å²) in [7, 11) is 0. The second-order valence-electron chi connectivity index (χ2n) is 9.66. The number of esters is 1. The lowest BCUT2D eigenvalue weighted by Gasteiger charge is -2.39. The summed E-state index contributed by atoms with van der Waals surface area (Å²) in [5.74, 6) is -2.70. The molecule has 0 radical (unpaired) electrons. The number of hydrogen-bond donors (Lipinski definition) is 7. The summed E-state index contributed by atoms with van der Waals surface area (Å²) < 4.78 is 22.2. The molecule has 1 fully saturated rings. The van der Waals surface area contributed by atoms with E-state index in [1.54, 1.807) is 12.1 Å². The SMILES string of the molecule is O=C(C=Cc1ccc(O)cc1)OCC1O[C@@H](Oc2c(-c3ccc(O)cc3)oc3cc(O)cc(O)c3c2=O)C(O)[C@H](O)[C@@H]1O. The molecule has 0 spiro atoms. The fourth-order valence-electron chi connectivity index (χ4n) is 4.41. The van der Waals surface area contributed by atoms with Gasteiger partial charge in [0.1, 0.15) is 65.0 Å². The molecule has 3 aromatic carbocycles. The number of carbonyl (C=O) groups is 1. The molecule has 2 unspecified atom stereocenters. The monoisotopic (exact) mass is 594 g/mol. The number of hydrogen-bond acceptors (Lipinski definition) is 13. The number of fused-ring (bicyclic) bond motifs is 1. The maximum Gasteiger partial charge on any atom is 0.330 e. The molecule has 0 amide bonds. The minimum absolute atomic E-state index is 0.0495. The van der Waals surface area contributed by atoms with Crippen LogP contribution < -0.4 is 10.2 Å². The van der Waals surface area contributed by atoms with Crippen molar-refractivity contribution in [2.24, 2.45) is 0 Å². The number of ether oxygens (including phenoxy) is 3. The largest absolute Gasteiger partial charge is 0.508 e. The van der Waals surface area contributed by atoms with Crippen molar-refractivity contribution in [2.45, 2.75) is 30.7 Å². The number of aliphatic hydroxyl groups is 3. The van der Waals surface area contributed by atoms with Crippen LogP contribution in [0.4, 0.5) is 0 Å². The van der Waals surface area contributed by atoms with E-state index in [-0.39, 0.29) is 33.8 Å². The third-order valence-electron chi connectivity index (χ3n) is 6.64. The summed E-state index contributed by atoms with van der Waals surface area (Å²) in [5, 5.41) is 70.6. The van der Waals surface area contributed by atoms with Crippen LogP contribution in [0.5, 0.6) is 28.7 Å². The quantitative estimate of drug-likeness (QED) is 0.120.